The second-order valence-corrected chi connectivity index (χ2v) is 6.94. The predicted molar refractivity (Wildman–Crippen MR) is 105 cm³/mol. The first-order valence-electron chi connectivity index (χ1n) is 9.30. The maximum Gasteiger partial charge on any atom is 0.287 e. The molecule has 29 heavy (non-hydrogen) atoms. The van der Waals surface area contributed by atoms with E-state index in [1.807, 2.05) is 18.2 Å². The zero-order valence-electron chi connectivity index (χ0n) is 15.8. The Bertz CT molecular complexity index is 1040. The standard InChI is InChI=1S/C22H20F2N2O3/c1-28-17-7-4-6-16(13-17)21(27)26-12-11-22(23,24)19(14-26)29-20-10-9-15-5-2-3-8-18(15)25-20/h2-10,13,19H,11-12,14H2,1H3. The number of methoxy groups -OCH3 is 1. The van der Waals surface area contributed by atoms with Gasteiger partial charge in [0.2, 0.25) is 5.88 Å². The molecule has 5 nitrogen and oxygen atoms in total. The summed E-state index contributed by atoms with van der Waals surface area (Å²) in [5.74, 6) is -2.74. The van der Waals surface area contributed by atoms with E-state index in [-0.39, 0.29) is 24.9 Å². The summed E-state index contributed by atoms with van der Waals surface area (Å²) in [6.07, 6.45) is -1.94. The van der Waals surface area contributed by atoms with Gasteiger partial charge in [-0.15, -0.1) is 0 Å². The largest absolute Gasteiger partial charge is 0.497 e. The molecule has 1 fully saturated rings. The maximum absolute atomic E-state index is 14.5. The third-order valence-electron chi connectivity index (χ3n) is 5.01. The van der Waals surface area contributed by atoms with E-state index < -0.39 is 18.4 Å². The summed E-state index contributed by atoms with van der Waals surface area (Å²) < 4.78 is 39.7. The first-order valence-corrected chi connectivity index (χ1v) is 9.30. The number of fused-ring (bicyclic) bond motifs is 1. The Balaban J connectivity index is 1.54. The molecule has 0 spiro atoms. The van der Waals surface area contributed by atoms with E-state index >= 15 is 0 Å². The fraction of sp³-hybridized carbons (Fsp3) is 0.273. The monoisotopic (exact) mass is 398 g/mol. The topological polar surface area (TPSA) is 51.7 Å². The summed E-state index contributed by atoms with van der Waals surface area (Å²) in [5.41, 5.74) is 1.05. The Labute approximate surface area is 166 Å². The third-order valence-corrected chi connectivity index (χ3v) is 5.01. The van der Waals surface area contributed by atoms with Gasteiger partial charge in [-0.3, -0.25) is 4.79 Å². The maximum atomic E-state index is 14.5. The minimum Gasteiger partial charge on any atom is -0.497 e. The lowest BCUT2D eigenvalue weighted by Gasteiger charge is -2.38. The highest BCUT2D eigenvalue weighted by molar-refractivity contribution is 5.94. The molecule has 0 saturated carbocycles. The third kappa shape index (κ3) is 3.99. The van der Waals surface area contributed by atoms with E-state index in [4.69, 9.17) is 9.47 Å². The van der Waals surface area contributed by atoms with Crippen molar-refractivity contribution >= 4 is 16.8 Å². The van der Waals surface area contributed by atoms with Crippen LogP contribution >= 0.6 is 0 Å². The van der Waals surface area contributed by atoms with Gasteiger partial charge in [-0.05, 0) is 30.3 Å². The van der Waals surface area contributed by atoms with Gasteiger partial charge in [0.25, 0.3) is 11.8 Å². The molecule has 7 heteroatoms. The molecule has 1 unspecified atom stereocenters. The number of nitrogens with zero attached hydrogens (tertiary/aromatic N) is 2. The van der Waals surface area contributed by atoms with Crippen LogP contribution in [0.5, 0.6) is 11.6 Å². The van der Waals surface area contributed by atoms with Crippen molar-refractivity contribution in [3.8, 4) is 11.6 Å². The fourth-order valence-corrected chi connectivity index (χ4v) is 3.38. The molecule has 3 aromatic rings. The van der Waals surface area contributed by atoms with Gasteiger partial charge in [-0.2, -0.15) is 0 Å². The number of aromatic nitrogens is 1. The van der Waals surface area contributed by atoms with Crippen molar-refractivity contribution in [3.05, 3.63) is 66.2 Å². The van der Waals surface area contributed by atoms with E-state index in [9.17, 15) is 13.6 Å². The summed E-state index contributed by atoms with van der Waals surface area (Å²) in [6.45, 7) is -0.272. The number of hydrogen-bond donors (Lipinski definition) is 0. The zero-order valence-corrected chi connectivity index (χ0v) is 15.8. The van der Waals surface area contributed by atoms with Crippen LogP contribution in [0.1, 0.15) is 16.8 Å². The van der Waals surface area contributed by atoms with Crippen LogP contribution in [0.2, 0.25) is 0 Å². The Kier molecular flexibility index (Phi) is 5.05. The number of carbonyl (C=O) groups excluding carboxylic acids is 1. The van der Waals surface area contributed by atoms with Gasteiger partial charge in [0.05, 0.1) is 19.2 Å². The smallest absolute Gasteiger partial charge is 0.287 e. The normalized spacial score (nSPS) is 18.4. The molecule has 1 aliphatic heterocycles. The molecular weight excluding hydrogens is 378 g/mol. The minimum absolute atomic E-state index is 0.0476. The van der Waals surface area contributed by atoms with Gasteiger partial charge >= 0.3 is 0 Å². The lowest BCUT2D eigenvalue weighted by Crippen LogP contribution is -2.55. The number of rotatable bonds is 4. The van der Waals surface area contributed by atoms with Crippen LogP contribution in [0.4, 0.5) is 8.78 Å². The summed E-state index contributed by atoms with van der Waals surface area (Å²) in [4.78, 5) is 18.5. The molecule has 2 heterocycles. The van der Waals surface area contributed by atoms with Gasteiger partial charge in [-0.1, -0.05) is 24.3 Å². The fourth-order valence-electron chi connectivity index (χ4n) is 3.38. The average molecular weight is 398 g/mol. The molecule has 0 N–H and O–H groups in total. The number of alkyl halides is 2. The van der Waals surface area contributed by atoms with E-state index in [0.717, 1.165) is 5.39 Å². The molecule has 150 valence electrons. The summed E-state index contributed by atoms with van der Waals surface area (Å²) in [5, 5.41) is 0.894. The van der Waals surface area contributed by atoms with Crippen LogP contribution in [-0.4, -0.2) is 48.0 Å². The highest BCUT2D eigenvalue weighted by Gasteiger charge is 2.47. The number of benzene rings is 2. The molecule has 0 radical (unpaired) electrons. The van der Waals surface area contributed by atoms with E-state index in [0.29, 0.717) is 16.8 Å². The highest BCUT2D eigenvalue weighted by Crippen LogP contribution is 2.32. The Morgan fingerprint density at radius 1 is 1.14 bits per heavy atom. The van der Waals surface area contributed by atoms with Crippen LogP contribution in [0.3, 0.4) is 0 Å². The van der Waals surface area contributed by atoms with Crippen molar-refractivity contribution in [2.75, 3.05) is 20.2 Å². The highest BCUT2D eigenvalue weighted by atomic mass is 19.3. The van der Waals surface area contributed by atoms with Gasteiger partial charge in [-0.25, -0.2) is 13.8 Å². The number of ether oxygens (including phenoxy) is 2. The van der Waals surface area contributed by atoms with Gasteiger partial charge < -0.3 is 14.4 Å². The van der Waals surface area contributed by atoms with Crippen molar-refractivity contribution in [2.24, 2.45) is 0 Å². The molecule has 1 aromatic heterocycles. The van der Waals surface area contributed by atoms with Crippen LogP contribution in [0, 0.1) is 0 Å². The molecule has 0 bridgehead atoms. The van der Waals surface area contributed by atoms with Gasteiger partial charge in [0.1, 0.15) is 5.75 Å². The molecule has 1 amide bonds. The van der Waals surface area contributed by atoms with Crippen molar-refractivity contribution in [3.63, 3.8) is 0 Å². The van der Waals surface area contributed by atoms with E-state index in [1.54, 1.807) is 42.5 Å². The lowest BCUT2D eigenvalue weighted by molar-refractivity contribution is -0.131. The summed E-state index contributed by atoms with van der Waals surface area (Å²) in [7, 11) is 1.51. The first kappa shape index (κ1) is 19.1. The Hall–Kier alpha value is -3.22. The molecule has 1 atom stereocenters. The molecule has 1 saturated heterocycles. The van der Waals surface area contributed by atoms with Crippen molar-refractivity contribution < 1.29 is 23.0 Å². The summed E-state index contributed by atoms with van der Waals surface area (Å²) >= 11 is 0. The molecule has 4 rings (SSSR count). The minimum atomic E-state index is -3.06. The second kappa shape index (κ2) is 7.66. The van der Waals surface area contributed by atoms with Crippen molar-refractivity contribution in [2.45, 2.75) is 18.4 Å². The number of pyridine rings is 1. The van der Waals surface area contributed by atoms with Crippen LogP contribution < -0.4 is 9.47 Å². The summed E-state index contributed by atoms with van der Waals surface area (Å²) in [6, 6.07) is 17.4. The second-order valence-electron chi connectivity index (χ2n) is 6.94. The van der Waals surface area contributed by atoms with Crippen molar-refractivity contribution in [1.29, 1.82) is 0 Å². The first-order chi connectivity index (χ1) is 14.0. The molecule has 2 aromatic carbocycles. The number of halogens is 2. The number of likely N-dealkylation sites (tertiary alicyclic amines) is 1. The number of carbonyl (C=O) groups is 1. The van der Waals surface area contributed by atoms with E-state index in [2.05, 4.69) is 4.98 Å². The van der Waals surface area contributed by atoms with Crippen LogP contribution in [0.15, 0.2) is 60.7 Å². The lowest BCUT2D eigenvalue weighted by atomic mass is 10.0. The zero-order chi connectivity index (χ0) is 20.4. The Morgan fingerprint density at radius 3 is 2.79 bits per heavy atom. The average Bonchev–Trinajstić information content (AvgIpc) is 2.74. The Morgan fingerprint density at radius 2 is 1.97 bits per heavy atom. The van der Waals surface area contributed by atoms with Gasteiger partial charge in [0, 0.05) is 30.0 Å². The quantitative estimate of drug-likeness (QED) is 0.662. The number of amides is 1. The van der Waals surface area contributed by atoms with Crippen LogP contribution in [0.25, 0.3) is 10.9 Å². The predicted octanol–water partition coefficient (Wildman–Crippen LogP) is 4.17. The molecule has 1 aliphatic rings. The number of hydrogen-bond acceptors (Lipinski definition) is 4. The van der Waals surface area contributed by atoms with E-state index in [1.165, 1.54) is 12.0 Å². The van der Waals surface area contributed by atoms with Crippen molar-refractivity contribution in [1.82, 2.24) is 9.88 Å². The van der Waals surface area contributed by atoms with Crippen LogP contribution in [-0.2, 0) is 0 Å². The molecular formula is C22H20F2N2O3. The molecule has 0 aliphatic carbocycles. The van der Waals surface area contributed by atoms with Gasteiger partial charge in [0.15, 0.2) is 6.10 Å². The number of para-hydroxylation sites is 1. The number of piperidine rings is 1. The SMILES string of the molecule is COc1cccc(C(=O)N2CCC(F)(F)C(Oc3ccc4ccccc4n3)C2)c1.